The Morgan fingerprint density at radius 1 is 1.00 bits per heavy atom. The van der Waals surface area contributed by atoms with Crippen molar-refractivity contribution in [1.29, 1.82) is 0 Å². The standard InChI is InChI=1S/C26H31N5O5S2/c1-17-14-22-23(15-18(17)2)37-26(27-22)31-24(16-19(3)29-31)28-25(32)20-6-8-21(9-7-20)38(33,34)30(10-12-35-4)11-13-36-5/h6-9,14-16H,10-13H2,1-5H3,(H,28,32). The Kier molecular flexibility index (Phi) is 8.58. The van der Waals surface area contributed by atoms with Crippen LogP contribution in [0.15, 0.2) is 47.4 Å². The van der Waals surface area contributed by atoms with Crippen molar-refractivity contribution in [1.82, 2.24) is 19.1 Å². The first-order chi connectivity index (χ1) is 18.1. The van der Waals surface area contributed by atoms with Crippen LogP contribution in [-0.4, -0.2) is 73.9 Å². The monoisotopic (exact) mass is 557 g/mol. The van der Waals surface area contributed by atoms with Crippen molar-refractivity contribution in [3.8, 4) is 5.13 Å². The molecule has 0 radical (unpaired) electrons. The fourth-order valence-corrected chi connectivity index (χ4v) is 6.27. The molecule has 1 N–H and O–H groups in total. The molecule has 0 bridgehead atoms. The lowest BCUT2D eigenvalue weighted by molar-refractivity contribution is 0.102. The quantitative estimate of drug-likeness (QED) is 0.297. The summed E-state index contributed by atoms with van der Waals surface area (Å²) in [5.74, 6) is 0.0838. The van der Waals surface area contributed by atoms with Crippen LogP contribution < -0.4 is 5.32 Å². The number of benzene rings is 2. The number of hydrogen-bond acceptors (Lipinski definition) is 8. The first-order valence-electron chi connectivity index (χ1n) is 12.0. The molecule has 2 aromatic carbocycles. The van der Waals surface area contributed by atoms with Crippen LogP contribution in [0.25, 0.3) is 15.3 Å². The molecule has 2 heterocycles. The summed E-state index contributed by atoms with van der Waals surface area (Å²) < 4.78 is 40.3. The summed E-state index contributed by atoms with van der Waals surface area (Å²) in [5, 5.41) is 8.05. The zero-order valence-corrected chi connectivity index (χ0v) is 23.6. The van der Waals surface area contributed by atoms with Gasteiger partial charge >= 0.3 is 0 Å². The Hall–Kier alpha value is -3.16. The molecule has 4 aromatic rings. The second-order valence-electron chi connectivity index (χ2n) is 8.85. The molecule has 0 aliphatic carbocycles. The van der Waals surface area contributed by atoms with E-state index < -0.39 is 15.9 Å². The third-order valence-corrected chi connectivity index (χ3v) is 9.00. The smallest absolute Gasteiger partial charge is 0.256 e. The van der Waals surface area contributed by atoms with E-state index in [0.29, 0.717) is 16.5 Å². The number of fused-ring (bicyclic) bond motifs is 1. The first-order valence-corrected chi connectivity index (χ1v) is 14.2. The summed E-state index contributed by atoms with van der Waals surface area (Å²) in [6.45, 7) is 6.84. The van der Waals surface area contributed by atoms with Gasteiger partial charge in [-0.1, -0.05) is 11.3 Å². The maximum absolute atomic E-state index is 13.1. The van der Waals surface area contributed by atoms with Crippen molar-refractivity contribution < 1.29 is 22.7 Å². The number of hydrogen-bond donors (Lipinski definition) is 1. The number of amides is 1. The topological polar surface area (TPSA) is 116 Å². The minimum absolute atomic E-state index is 0.0854. The highest BCUT2D eigenvalue weighted by molar-refractivity contribution is 7.89. The van der Waals surface area contributed by atoms with Crippen LogP contribution >= 0.6 is 11.3 Å². The summed E-state index contributed by atoms with van der Waals surface area (Å²) in [6.07, 6.45) is 0. The van der Waals surface area contributed by atoms with Crippen LogP contribution in [-0.2, 0) is 19.5 Å². The highest BCUT2D eigenvalue weighted by atomic mass is 32.2. The second kappa shape index (κ2) is 11.7. The molecule has 0 aliphatic rings. The summed E-state index contributed by atoms with van der Waals surface area (Å²) in [4.78, 5) is 17.9. The molecule has 12 heteroatoms. The Labute approximate surface area is 226 Å². The Balaban J connectivity index is 1.55. The van der Waals surface area contributed by atoms with Gasteiger partial charge in [0.25, 0.3) is 5.91 Å². The van der Waals surface area contributed by atoms with Crippen molar-refractivity contribution in [3.63, 3.8) is 0 Å². The zero-order valence-electron chi connectivity index (χ0n) is 22.0. The molecule has 0 unspecified atom stereocenters. The highest BCUT2D eigenvalue weighted by Crippen LogP contribution is 2.29. The number of methoxy groups -OCH3 is 2. The molecule has 2 aromatic heterocycles. The molecule has 0 spiro atoms. The molecule has 1 amide bonds. The molecule has 0 saturated heterocycles. The number of aromatic nitrogens is 3. The highest BCUT2D eigenvalue weighted by Gasteiger charge is 2.24. The third-order valence-electron chi connectivity index (χ3n) is 6.09. The van der Waals surface area contributed by atoms with Crippen LogP contribution in [0, 0.1) is 20.8 Å². The van der Waals surface area contributed by atoms with Gasteiger partial charge in [-0.2, -0.15) is 14.1 Å². The van der Waals surface area contributed by atoms with E-state index in [-0.39, 0.29) is 31.2 Å². The fraction of sp³-hybridized carbons (Fsp3) is 0.346. The van der Waals surface area contributed by atoms with Gasteiger partial charge < -0.3 is 14.8 Å². The maximum atomic E-state index is 13.1. The van der Waals surface area contributed by atoms with Crippen molar-refractivity contribution in [2.24, 2.45) is 0 Å². The normalized spacial score (nSPS) is 11.9. The number of ether oxygens (including phenoxy) is 2. The van der Waals surface area contributed by atoms with Gasteiger partial charge in [-0.25, -0.2) is 13.4 Å². The maximum Gasteiger partial charge on any atom is 0.256 e. The van der Waals surface area contributed by atoms with Gasteiger partial charge in [-0.3, -0.25) is 4.79 Å². The van der Waals surface area contributed by atoms with E-state index >= 15 is 0 Å². The number of aryl methyl sites for hydroxylation is 3. The summed E-state index contributed by atoms with van der Waals surface area (Å²) in [6, 6.07) is 11.7. The number of sulfonamides is 1. The van der Waals surface area contributed by atoms with Gasteiger partial charge in [0.1, 0.15) is 5.82 Å². The lowest BCUT2D eigenvalue weighted by Crippen LogP contribution is -2.36. The number of nitrogens with one attached hydrogen (secondary N) is 1. The number of thiazole rings is 1. The molecule has 38 heavy (non-hydrogen) atoms. The predicted molar refractivity (Wildman–Crippen MR) is 148 cm³/mol. The van der Waals surface area contributed by atoms with Crippen LogP contribution in [0.2, 0.25) is 0 Å². The molecule has 0 aliphatic heterocycles. The van der Waals surface area contributed by atoms with E-state index in [1.807, 2.05) is 19.9 Å². The van der Waals surface area contributed by atoms with Crippen LogP contribution in [0.3, 0.4) is 0 Å². The second-order valence-corrected chi connectivity index (χ2v) is 11.8. The number of anilines is 1. The molecule has 4 rings (SSSR count). The third kappa shape index (κ3) is 5.94. The van der Waals surface area contributed by atoms with E-state index in [1.54, 1.807) is 10.7 Å². The summed E-state index contributed by atoms with van der Waals surface area (Å²) >= 11 is 1.49. The largest absolute Gasteiger partial charge is 0.383 e. The van der Waals surface area contributed by atoms with Crippen LogP contribution in [0.1, 0.15) is 27.2 Å². The average molecular weight is 558 g/mol. The van der Waals surface area contributed by atoms with Gasteiger partial charge in [0.05, 0.1) is 34.0 Å². The van der Waals surface area contributed by atoms with Crippen molar-refractivity contribution in [2.45, 2.75) is 25.7 Å². The van der Waals surface area contributed by atoms with E-state index in [0.717, 1.165) is 21.5 Å². The van der Waals surface area contributed by atoms with Gasteiger partial charge in [-0.15, -0.1) is 0 Å². The lowest BCUT2D eigenvalue weighted by Gasteiger charge is -2.21. The Morgan fingerprint density at radius 3 is 2.26 bits per heavy atom. The van der Waals surface area contributed by atoms with Crippen LogP contribution in [0.5, 0.6) is 0 Å². The van der Waals surface area contributed by atoms with E-state index in [9.17, 15) is 13.2 Å². The van der Waals surface area contributed by atoms with Crippen molar-refractivity contribution in [2.75, 3.05) is 45.8 Å². The van der Waals surface area contributed by atoms with E-state index in [2.05, 4.69) is 23.4 Å². The Bertz CT molecular complexity index is 1500. The average Bonchev–Trinajstić information content (AvgIpc) is 3.46. The molecule has 0 fully saturated rings. The fourth-order valence-electron chi connectivity index (χ4n) is 3.85. The van der Waals surface area contributed by atoms with Crippen LogP contribution in [0.4, 0.5) is 5.82 Å². The molecular weight excluding hydrogens is 526 g/mol. The summed E-state index contributed by atoms with van der Waals surface area (Å²) in [7, 11) is -0.756. The first kappa shape index (κ1) is 27.9. The van der Waals surface area contributed by atoms with Crippen molar-refractivity contribution >= 4 is 43.3 Å². The number of carbonyl (C=O) groups is 1. The van der Waals surface area contributed by atoms with E-state index in [4.69, 9.17) is 14.5 Å². The SMILES string of the molecule is COCCN(CCOC)S(=O)(=O)c1ccc(C(=O)Nc2cc(C)nn2-c2nc3cc(C)c(C)cc3s2)cc1. The molecular formula is C26H31N5O5S2. The molecule has 0 atom stereocenters. The minimum atomic E-state index is -3.78. The van der Waals surface area contributed by atoms with E-state index in [1.165, 1.54) is 59.7 Å². The molecule has 10 nitrogen and oxygen atoms in total. The lowest BCUT2D eigenvalue weighted by atomic mass is 10.1. The molecule has 0 saturated carbocycles. The number of rotatable bonds is 11. The predicted octanol–water partition coefficient (Wildman–Crippen LogP) is 3.94. The minimum Gasteiger partial charge on any atom is -0.383 e. The zero-order chi connectivity index (χ0) is 27.4. The van der Waals surface area contributed by atoms with Gasteiger partial charge in [0.15, 0.2) is 0 Å². The number of carbonyl (C=O) groups excluding carboxylic acids is 1. The summed E-state index contributed by atoms with van der Waals surface area (Å²) in [5.41, 5.74) is 4.25. The Morgan fingerprint density at radius 2 is 1.63 bits per heavy atom. The van der Waals surface area contributed by atoms with Gasteiger partial charge in [0, 0.05) is 38.9 Å². The van der Waals surface area contributed by atoms with Gasteiger partial charge in [0.2, 0.25) is 15.2 Å². The molecule has 202 valence electrons. The van der Waals surface area contributed by atoms with Crippen molar-refractivity contribution in [3.05, 3.63) is 64.8 Å². The van der Waals surface area contributed by atoms with Gasteiger partial charge in [-0.05, 0) is 68.3 Å². The number of nitrogens with zero attached hydrogens (tertiary/aromatic N) is 4.